The minimum atomic E-state index is -6.20. The molecule has 6 aromatic rings. The Labute approximate surface area is 626 Å². The smallest absolute Gasteiger partial charge is 0.391 e. The van der Waals surface area contributed by atoms with E-state index in [-0.39, 0.29) is 54.8 Å². The number of nitrogens with zero attached hydrogens (tertiary/aromatic N) is 6. The van der Waals surface area contributed by atoms with E-state index < -0.39 is 94.3 Å². The van der Waals surface area contributed by atoms with E-state index in [4.69, 9.17) is 11.6 Å². The van der Waals surface area contributed by atoms with E-state index in [0.717, 1.165) is 82.1 Å². The van der Waals surface area contributed by atoms with Gasteiger partial charge >= 0.3 is 5.51 Å². The molecule has 566 valence electrons. The predicted molar refractivity (Wildman–Crippen MR) is 402 cm³/mol. The number of sulfone groups is 1. The van der Waals surface area contributed by atoms with Gasteiger partial charge in [0, 0.05) is 130 Å². The summed E-state index contributed by atoms with van der Waals surface area (Å²) < 4.78 is 115. The number of hydrogen-bond donors (Lipinski definition) is 5. The lowest BCUT2D eigenvalue weighted by molar-refractivity contribution is -0.144. The van der Waals surface area contributed by atoms with Gasteiger partial charge in [-0.3, -0.25) is 33.8 Å². The zero-order valence-corrected chi connectivity index (χ0v) is 63.8. The molecule has 5 amide bonds. The lowest BCUT2D eigenvalue weighted by atomic mass is 9.85. The highest BCUT2D eigenvalue weighted by Gasteiger charge is 2.49. The van der Waals surface area contributed by atoms with Gasteiger partial charge in [-0.25, -0.2) is 30.9 Å². The number of unbranched alkanes of at least 4 members (excludes halogenated alkanes) is 2. The van der Waals surface area contributed by atoms with E-state index in [0.29, 0.717) is 108 Å². The van der Waals surface area contributed by atoms with Crippen LogP contribution in [-0.2, 0) is 39.0 Å². The first-order valence-electron chi connectivity index (χ1n) is 35.7. The summed E-state index contributed by atoms with van der Waals surface area (Å²) in [6, 6.07) is 27.3. The normalized spacial score (nSPS) is 18.3. The highest BCUT2D eigenvalue weighted by molar-refractivity contribution is 7.99. The lowest BCUT2D eigenvalue weighted by Gasteiger charge is -2.37. The Balaban J connectivity index is 0.690. The highest BCUT2D eigenvalue weighted by atomic mass is 35.5. The number of nitrogens with one attached hydrogen (secondary N) is 4. The summed E-state index contributed by atoms with van der Waals surface area (Å²) in [5.74, 6) is -2.48. The molecule has 3 saturated heterocycles. The first-order valence-corrected chi connectivity index (χ1v) is 40.9. The molecule has 0 radical (unpaired) electrons. The molecule has 29 heteroatoms. The lowest BCUT2D eigenvalue weighted by Crippen LogP contribution is -2.57. The number of hydrogen-bond acceptors (Lipinski definition) is 17. The van der Waals surface area contributed by atoms with Gasteiger partial charge in [-0.1, -0.05) is 99.3 Å². The van der Waals surface area contributed by atoms with Gasteiger partial charge in [0.1, 0.15) is 22.8 Å². The monoisotopic (exact) mass is 1540 g/mol. The summed E-state index contributed by atoms with van der Waals surface area (Å²) in [6.07, 6.45) is 5.93. The number of likely N-dealkylation sites (tertiary alicyclic amines) is 1. The number of benzene rings is 5. The van der Waals surface area contributed by atoms with Crippen LogP contribution in [0, 0.1) is 18.2 Å². The number of carbonyl (C=O) groups excluding carboxylic acids is 5. The average molecular weight is 1550 g/mol. The van der Waals surface area contributed by atoms with Crippen molar-refractivity contribution in [3.8, 4) is 10.4 Å². The maximum atomic E-state index is 15.1. The largest absolute Gasteiger partial charge is 0.501 e. The van der Waals surface area contributed by atoms with Crippen LogP contribution in [0.1, 0.15) is 138 Å². The Bertz CT molecular complexity index is 4300. The molecule has 3 fully saturated rings. The molecule has 3 aliphatic heterocycles. The maximum absolute atomic E-state index is 15.1. The predicted octanol–water partition coefficient (Wildman–Crippen LogP) is 12.3. The molecule has 0 spiro atoms. The van der Waals surface area contributed by atoms with Crippen molar-refractivity contribution >= 4 is 101 Å². The molecule has 1 aliphatic carbocycles. The number of carbonyl (C=O) groups is 5. The van der Waals surface area contributed by atoms with Crippen LogP contribution in [-0.4, -0.2) is 184 Å². The van der Waals surface area contributed by atoms with E-state index in [1.807, 2.05) is 93.9 Å². The molecule has 20 nitrogen and oxygen atoms in total. The van der Waals surface area contributed by atoms with Gasteiger partial charge in [0.2, 0.25) is 23.6 Å². The van der Waals surface area contributed by atoms with Crippen molar-refractivity contribution in [2.45, 2.75) is 162 Å². The number of sulfonamides is 1. The van der Waals surface area contributed by atoms with Gasteiger partial charge in [0.15, 0.2) is 0 Å². The van der Waals surface area contributed by atoms with Crippen molar-refractivity contribution in [3.05, 3.63) is 160 Å². The minimum absolute atomic E-state index is 0.0443. The molecule has 4 heterocycles. The summed E-state index contributed by atoms with van der Waals surface area (Å²) in [4.78, 5) is 82.3. The van der Waals surface area contributed by atoms with Gasteiger partial charge in [0.25, 0.3) is 25.8 Å². The van der Waals surface area contributed by atoms with Crippen LogP contribution in [0.4, 0.5) is 28.9 Å². The minimum Gasteiger partial charge on any atom is -0.391 e. The van der Waals surface area contributed by atoms with Crippen molar-refractivity contribution in [2.24, 2.45) is 5.41 Å². The standard InChI is InChI=1S/C76H93ClF4N10O10S4/c1-50(52-21-23-53(24-22-52)70-51(2)82-49-103-70)83-73(96)66-44-59(92)47-91(66)74(97)71(75(3,4)5)85-68(93)19-13-8-14-20-69(94)90-41-35-87(36-42-90)34-33-57(48-102-60-16-10-7-11-17-60)84-65-32-30-61(45-67(65)104(98,99)76(79,80)81)105(100,101)86-72(95)54-25-28-58(29-26-54)89-39-37-88(38-40-89)46-55-15-9-6-12-18-62(55)63-31-27-56(77)43-64(63)78/h7,10-11,16-17,21-32,43,45,49-50,57,59,66,71,84,92H,6,8-9,12-15,18-20,33-42,44,46-48H2,1-5H3,(H,83,96)(H,85,93)(H,86,95)/t50-,57+,59+,66-,71+/m0/s1. The summed E-state index contributed by atoms with van der Waals surface area (Å²) >= 11 is 9.01. The number of anilines is 2. The third kappa shape index (κ3) is 21.0. The number of piperazine rings is 2. The zero-order valence-electron chi connectivity index (χ0n) is 59.7. The van der Waals surface area contributed by atoms with Crippen LogP contribution in [0.25, 0.3) is 16.0 Å². The van der Waals surface area contributed by atoms with Crippen molar-refractivity contribution in [1.29, 1.82) is 0 Å². The SMILES string of the molecule is Cc1ncsc1-c1ccc([C@H](C)NC(=O)[C@@H]2C[C@@H](O)CN2C(=O)[C@@H](NC(=O)CCCCCC(=O)N2CCN(CC[C@H](CSc3ccccc3)Nc3ccc(S(=O)(=O)NC(=O)c4ccc(N5CCN(CC6=C(c7ccc(Cl)cc7F)CCCCC6)CC5)cc4)cc3S(=O)(=O)C(F)(F)F)CC2)C(C)(C)C)cc1. The molecule has 1 aromatic heterocycles. The fourth-order valence-corrected chi connectivity index (χ4v) is 17.8. The van der Waals surface area contributed by atoms with Crippen LogP contribution >= 0.6 is 34.7 Å². The number of halogens is 5. The molecule has 10 rings (SSSR count). The van der Waals surface area contributed by atoms with Crippen molar-refractivity contribution in [3.63, 3.8) is 0 Å². The Morgan fingerprint density at radius 3 is 2.13 bits per heavy atom. The second-order valence-electron chi connectivity index (χ2n) is 28.5. The fraction of sp³-hybridized carbons (Fsp3) is 0.474. The average Bonchev–Trinajstić information content (AvgIpc) is 1.50. The Morgan fingerprint density at radius 1 is 0.781 bits per heavy atom. The van der Waals surface area contributed by atoms with Crippen LogP contribution in [0.5, 0.6) is 0 Å². The maximum Gasteiger partial charge on any atom is 0.501 e. The molecular weight excluding hydrogens is 1450 g/mol. The number of rotatable bonds is 28. The molecular formula is C76H93ClF4N10O10S4. The molecule has 0 bridgehead atoms. The van der Waals surface area contributed by atoms with E-state index >= 15 is 4.39 Å². The van der Waals surface area contributed by atoms with E-state index in [2.05, 4.69) is 35.6 Å². The first-order chi connectivity index (χ1) is 49.9. The summed E-state index contributed by atoms with van der Waals surface area (Å²) in [5.41, 5.74) is 1.06. The van der Waals surface area contributed by atoms with E-state index in [1.165, 1.54) is 40.4 Å². The molecule has 5 N–H and O–H groups in total. The van der Waals surface area contributed by atoms with Crippen LogP contribution in [0.15, 0.2) is 141 Å². The van der Waals surface area contributed by atoms with Crippen molar-refractivity contribution < 1.29 is 63.5 Å². The zero-order chi connectivity index (χ0) is 75.4. The number of aromatic nitrogens is 1. The van der Waals surface area contributed by atoms with Gasteiger partial charge < -0.3 is 35.8 Å². The molecule has 5 aromatic carbocycles. The van der Waals surface area contributed by atoms with E-state index in [1.54, 1.807) is 46.0 Å². The Morgan fingerprint density at radius 2 is 1.47 bits per heavy atom. The number of β-amino-alcohol motifs (C(OH)–C–C–N with tert-alkyl or cyclic N) is 1. The number of thioether (sulfide) groups is 1. The second-order valence-corrected chi connectivity index (χ2v) is 34.5. The fourth-order valence-electron chi connectivity index (χ4n) is 13.8. The Kier molecular flexibility index (Phi) is 27.1. The Hall–Kier alpha value is -7.44. The molecule has 0 saturated carbocycles. The van der Waals surface area contributed by atoms with Crippen molar-refractivity contribution in [2.75, 3.05) is 88.0 Å². The van der Waals surface area contributed by atoms with E-state index in [9.17, 15) is 59.1 Å². The number of aryl methyl sites for hydroxylation is 1. The number of amides is 5. The third-order valence-corrected chi connectivity index (χ3v) is 25.1. The summed E-state index contributed by atoms with van der Waals surface area (Å²) in [7, 11) is -11.2. The topological polar surface area (TPSA) is 251 Å². The summed E-state index contributed by atoms with van der Waals surface area (Å²) in [5, 5.41) is 20.0. The molecule has 105 heavy (non-hydrogen) atoms. The van der Waals surface area contributed by atoms with Gasteiger partial charge in [-0.2, -0.15) is 13.2 Å². The van der Waals surface area contributed by atoms with Crippen LogP contribution in [0.2, 0.25) is 5.02 Å². The van der Waals surface area contributed by atoms with Crippen LogP contribution in [0.3, 0.4) is 0 Å². The quantitative estimate of drug-likeness (QED) is 0.0174. The van der Waals surface area contributed by atoms with Crippen molar-refractivity contribution in [1.82, 2.24) is 39.9 Å². The van der Waals surface area contributed by atoms with Crippen LogP contribution < -0.4 is 25.6 Å². The third-order valence-electron chi connectivity index (χ3n) is 19.9. The first kappa shape index (κ1) is 80.1. The van der Waals surface area contributed by atoms with Gasteiger partial charge in [-0.15, -0.1) is 23.1 Å². The number of aliphatic hydroxyl groups excluding tert-OH is 1. The number of allylic oxidation sites excluding steroid dienone is 1. The second kappa shape index (κ2) is 35.5. The number of aliphatic hydroxyl groups is 1. The van der Waals surface area contributed by atoms with Gasteiger partial charge in [0.05, 0.1) is 38.8 Å². The molecule has 5 atom stereocenters. The number of thiazole rings is 1. The summed E-state index contributed by atoms with van der Waals surface area (Å²) in [6.45, 7) is 14.7. The highest BCUT2D eigenvalue weighted by Crippen LogP contribution is 2.39. The molecule has 4 aliphatic rings. The molecule has 0 unspecified atom stereocenters. The van der Waals surface area contributed by atoms with Gasteiger partial charge in [-0.05, 0) is 148 Å². The number of alkyl halides is 3.